The molecule has 1 unspecified atom stereocenters. The molecule has 138 valence electrons. The Kier molecular flexibility index (Phi) is 5.42. The van der Waals surface area contributed by atoms with Crippen molar-refractivity contribution in [2.24, 2.45) is 5.92 Å². The van der Waals surface area contributed by atoms with Crippen LogP contribution >= 0.6 is 0 Å². The minimum Gasteiger partial charge on any atom is -0.481 e. The summed E-state index contributed by atoms with van der Waals surface area (Å²) in [5.74, 6) is -0.241. The Labute approximate surface area is 152 Å². The highest BCUT2D eigenvalue weighted by molar-refractivity contribution is 5.88. The standard InChI is InChI=1S/C18H21N3O.C2H4O2/c1-2-6-19-18(22)12-7-14-13-4-3-5-15-17(13)11(9-20-15)8-16(14)21-10-12;1-2(3)4/h2-5,9,12,14,16,20-21H,1,6-8,10H2,(H,19,22);1H3,(H,3,4)/t12?,14-,16-;/m1./s1. The summed E-state index contributed by atoms with van der Waals surface area (Å²) in [5.41, 5.74) is 4.00. The molecule has 4 N–H and O–H groups in total. The van der Waals surface area contributed by atoms with E-state index in [1.54, 1.807) is 6.08 Å². The number of carbonyl (C=O) groups excluding carboxylic acids is 1. The van der Waals surface area contributed by atoms with E-state index in [1.165, 1.54) is 22.0 Å². The largest absolute Gasteiger partial charge is 0.481 e. The van der Waals surface area contributed by atoms with Gasteiger partial charge in [-0.3, -0.25) is 9.59 Å². The number of hydrogen-bond acceptors (Lipinski definition) is 3. The average molecular weight is 355 g/mol. The summed E-state index contributed by atoms with van der Waals surface area (Å²) in [5, 5.41) is 15.3. The molecule has 1 aromatic heterocycles. The molecule has 1 amide bonds. The first-order chi connectivity index (χ1) is 12.5. The van der Waals surface area contributed by atoms with E-state index in [2.05, 4.69) is 46.6 Å². The van der Waals surface area contributed by atoms with E-state index < -0.39 is 5.97 Å². The van der Waals surface area contributed by atoms with Gasteiger partial charge in [0.1, 0.15) is 0 Å². The van der Waals surface area contributed by atoms with E-state index in [1.807, 2.05) is 0 Å². The fraction of sp³-hybridized carbons (Fsp3) is 0.400. The van der Waals surface area contributed by atoms with Crippen molar-refractivity contribution in [3.63, 3.8) is 0 Å². The monoisotopic (exact) mass is 355 g/mol. The lowest BCUT2D eigenvalue weighted by Gasteiger charge is -2.39. The number of carbonyl (C=O) groups is 2. The van der Waals surface area contributed by atoms with Crippen LogP contribution in [0.4, 0.5) is 0 Å². The second-order valence-electron chi connectivity index (χ2n) is 6.89. The zero-order valence-corrected chi connectivity index (χ0v) is 14.9. The Morgan fingerprint density at radius 3 is 2.92 bits per heavy atom. The molecule has 6 heteroatoms. The molecule has 1 aliphatic heterocycles. The zero-order chi connectivity index (χ0) is 18.7. The summed E-state index contributed by atoms with van der Waals surface area (Å²) in [7, 11) is 0. The third-order valence-corrected chi connectivity index (χ3v) is 5.10. The molecule has 1 aliphatic carbocycles. The summed E-state index contributed by atoms with van der Waals surface area (Å²) in [6, 6.07) is 6.91. The van der Waals surface area contributed by atoms with Gasteiger partial charge in [0.25, 0.3) is 5.97 Å². The van der Waals surface area contributed by atoms with E-state index in [4.69, 9.17) is 9.90 Å². The predicted octanol–water partition coefficient (Wildman–Crippen LogP) is 2.18. The SMILES string of the molecule is C=CCNC(=O)C1CN[C@@H]2Cc3c[nH]c4cccc(c34)[C@H]2C1.CC(=O)O. The number of rotatable bonds is 3. The van der Waals surface area contributed by atoms with Crippen LogP contribution in [0.1, 0.15) is 30.4 Å². The number of nitrogens with one attached hydrogen (secondary N) is 3. The van der Waals surface area contributed by atoms with E-state index in [0.29, 0.717) is 18.5 Å². The second kappa shape index (κ2) is 7.74. The summed E-state index contributed by atoms with van der Waals surface area (Å²) in [4.78, 5) is 24.6. The van der Waals surface area contributed by atoms with Gasteiger partial charge >= 0.3 is 0 Å². The molecule has 0 spiro atoms. The molecule has 6 nitrogen and oxygen atoms in total. The molecule has 0 radical (unpaired) electrons. The van der Waals surface area contributed by atoms with Crippen LogP contribution in [0.15, 0.2) is 37.1 Å². The molecule has 1 fully saturated rings. The van der Waals surface area contributed by atoms with Crippen molar-refractivity contribution < 1.29 is 14.7 Å². The van der Waals surface area contributed by atoms with E-state index >= 15 is 0 Å². The third kappa shape index (κ3) is 3.65. The van der Waals surface area contributed by atoms with Gasteiger partial charge in [-0.1, -0.05) is 18.2 Å². The van der Waals surface area contributed by atoms with Gasteiger partial charge in [0, 0.05) is 49.1 Å². The van der Waals surface area contributed by atoms with Gasteiger partial charge in [0.15, 0.2) is 0 Å². The number of aliphatic carboxylic acids is 1. The van der Waals surface area contributed by atoms with E-state index in [9.17, 15) is 4.79 Å². The number of carboxylic acid groups (broad SMARTS) is 1. The number of aromatic nitrogens is 1. The minimum atomic E-state index is -0.833. The van der Waals surface area contributed by atoms with Crippen LogP contribution in [0.2, 0.25) is 0 Å². The van der Waals surface area contributed by atoms with Gasteiger partial charge in [-0.2, -0.15) is 0 Å². The Morgan fingerprint density at radius 1 is 1.42 bits per heavy atom. The molecule has 1 saturated heterocycles. The molecular formula is C20H25N3O3. The topological polar surface area (TPSA) is 94.2 Å². The lowest BCUT2D eigenvalue weighted by molar-refractivity contribution is -0.134. The number of benzene rings is 1. The van der Waals surface area contributed by atoms with Crippen LogP contribution in [0.3, 0.4) is 0 Å². The number of H-pyrrole nitrogens is 1. The first-order valence-electron chi connectivity index (χ1n) is 8.91. The molecule has 0 saturated carbocycles. The average Bonchev–Trinajstić information content (AvgIpc) is 3.03. The Morgan fingerprint density at radius 2 is 2.19 bits per heavy atom. The molecule has 3 atom stereocenters. The normalized spacial score (nSPS) is 23.3. The van der Waals surface area contributed by atoms with Crippen molar-refractivity contribution in [1.82, 2.24) is 15.6 Å². The Balaban J connectivity index is 0.000000447. The molecule has 2 aromatic rings. The molecule has 26 heavy (non-hydrogen) atoms. The fourth-order valence-corrected chi connectivity index (χ4v) is 4.06. The molecule has 4 rings (SSSR count). The number of piperidine rings is 1. The lowest BCUT2D eigenvalue weighted by Crippen LogP contribution is -2.50. The van der Waals surface area contributed by atoms with Gasteiger partial charge in [-0.05, 0) is 30.0 Å². The molecule has 0 bridgehead atoms. The van der Waals surface area contributed by atoms with Crippen LogP contribution in [0.25, 0.3) is 10.9 Å². The fourth-order valence-electron chi connectivity index (χ4n) is 4.06. The minimum absolute atomic E-state index is 0.0388. The van der Waals surface area contributed by atoms with Crippen LogP contribution in [0.5, 0.6) is 0 Å². The van der Waals surface area contributed by atoms with Crippen LogP contribution in [-0.4, -0.2) is 41.1 Å². The van der Waals surface area contributed by atoms with Crippen molar-refractivity contribution in [1.29, 1.82) is 0 Å². The number of fused-ring (bicyclic) bond motifs is 2. The summed E-state index contributed by atoms with van der Waals surface area (Å²) in [6.07, 6.45) is 5.83. The number of carboxylic acids is 1. The Bertz CT molecular complexity index is 823. The highest BCUT2D eigenvalue weighted by atomic mass is 16.4. The summed E-state index contributed by atoms with van der Waals surface area (Å²) in [6.45, 7) is 6.04. The number of hydrogen-bond donors (Lipinski definition) is 4. The predicted molar refractivity (Wildman–Crippen MR) is 101 cm³/mol. The molecule has 2 aliphatic rings. The molecule has 1 aromatic carbocycles. The van der Waals surface area contributed by atoms with Gasteiger partial charge < -0.3 is 20.7 Å². The number of aromatic amines is 1. The van der Waals surface area contributed by atoms with Gasteiger partial charge in [-0.25, -0.2) is 0 Å². The maximum atomic E-state index is 12.3. The van der Waals surface area contributed by atoms with Gasteiger partial charge in [0.05, 0.1) is 5.92 Å². The first kappa shape index (κ1) is 18.2. The molecular weight excluding hydrogens is 330 g/mol. The van der Waals surface area contributed by atoms with Crippen molar-refractivity contribution in [3.8, 4) is 0 Å². The van der Waals surface area contributed by atoms with Gasteiger partial charge in [-0.15, -0.1) is 6.58 Å². The van der Waals surface area contributed by atoms with Crippen LogP contribution < -0.4 is 10.6 Å². The summed E-state index contributed by atoms with van der Waals surface area (Å²) < 4.78 is 0. The van der Waals surface area contributed by atoms with Crippen LogP contribution in [0, 0.1) is 5.92 Å². The first-order valence-corrected chi connectivity index (χ1v) is 8.91. The lowest BCUT2D eigenvalue weighted by atomic mass is 9.73. The smallest absolute Gasteiger partial charge is 0.300 e. The number of amides is 1. The maximum Gasteiger partial charge on any atom is 0.300 e. The van der Waals surface area contributed by atoms with Crippen molar-refractivity contribution in [2.75, 3.05) is 13.1 Å². The maximum absolute atomic E-state index is 12.3. The van der Waals surface area contributed by atoms with Crippen molar-refractivity contribution >= 4 is 22.8 Å². The van der Waals surface area contributed by atoms with Crippen molar-refractivity contribution in [3.05, 3.63) is 48.2 Å². The van der Waals surface area contributed by atoms with Crippen molar-refractivity contribution in [2.45, 2.75) is 31.7 Å². The van der Waals surface area contributed by atoms with E-state index in [0.717, 1.165) is 26.3 Å². The highest BCUT2D eigenvalue weighted by Gasteiger charge is 2.38. The second-order valence-corrected chi connectivity index (χ2v) is 6.89. The Hall–Kier alpha value is -2.60. The summed E-state index contributed by atoms with van der Waals surface area (Å²) >= 11 is 0. The third-order valence-electron chi connectivity index (χ3n) is 5.10. The van der Waals surface area contributed by atoms with E-state index in [-0.39, 0.29) is 11.8 Å². The van der Waals surface area contributed by atoms with Gasteiger partial charge in [0.2, 0.25) is 5.91 Å². The van der Waals surface area contributed by atoms with Crippen LogP contribution in [-0.2, 0) is 16.0 Å². The zero-order valence-electron chi connectivity index (χ0n) is 14.9. The highest BCUT2D eigenvalue weighted by Crippen LogP contribution is 2.41. The molecule has 2 heterocycles. The quantitative estimate of drug-likeness (QED) is 0.635.